The highest BCUT2D eigenvalue weighted by molar-refractivity contribution is 7.17. The molecule has 104 valence electrons. The molecule has 0 fully saturated rings. The minimum absolute atomic E-state index is 0.156. The Morgan fingerprint density at radius 3 is 2.79 bits per heavy atom. The summed E-state index contributed by atoms with van der Waals surface area (Å²) in [4.78, 5) is 4.29. The van der Waals surface area contributed by atoms with Crippen LogP contribution in [0.5, 0.6) is 0 Å². The second-order valence-electron chi connectivity index (χ2n) is 4.68. The monoisotopic (exact) mass is 288 g/mol. The fourth-order valence-corrected chi connectivity index (χ4v) is 2.82. The van der Waals surface area contributed by atoms with Gasteiger partial charge in [-0.3, -0.25) is 4.98 Å². The van der Waals surface area contributed by atoms with Crippen LogP contribution in [0.1, 0.15) is 31.9 Å². The number of aromatic nitrogens is 1. The summed E-state index contributed by atoms with van der Waals surface area (Å²) in [7, 11) is 0. The molecule has 0 aromatic carbocycles. The molecule has 6 heteroatoms. The van der Waals surface area contributed by atoms with Crippen molar-refractivity contribution in [2.24, 2.45) is 0 Å². The predicted octanol–water partition coefficient (Wildman–Crippen LogP) is 4.29. The van der Waals surface area contributed by atoms with Crippen molar-refractivity contribution >= 4 is 21.6 Å². The van der Waals surface area contributed by atoms with Gasteiger partial charge in [0.15, 0.2) is 0 Å². The summed E-state index contributed by atoms with van der Waals surface area (Å²) in [6, 6.07) is 3.13. The fourth-order valence-electron chi connectivity index (χ4n) is 2.03. The molecular weight excluding hydrogens is 273 g/mol. The van der Waals surface area contributed by atoms with E-state index in [9.17, 15) is 13.2 Å². The minimum Gasteiger partial charge on any atom is -0.307 e. The van der Waals surface area contributed by atoms with Crippen LogP contribution in [0.3, 0.4) is 0 Å². The number of hydrogen-bond donors (Lipinski definition) is 1. The second kappa shape index (κ2) is 5.46. The highest BCUT2D eigenvalue weighted by atomic mass is 32.1. The van der Waals surface area contributed by atoms with Crippen LogP contribution in [0.4, 0.5) is 13.2 Å². The smallest absolute Gasteiger partial charge is 0.307 e. The number of rotatable bonds is 4. The van der Waals surface area contributed by atoms with Gasteiger partial charge in [0.05, 0.1) is 16.6 Å². The van der Waals surface area contributed by atoms with Crippen molar-refractivity contribution in [3.05, 3.63) is 29.3 Å². The summed E-state index contributed by atoms with van der Waals surface area (Å²) in [6.45, 7) is 3.39. The third kappa shape index (κ3) is 3.91. The van der Waals surface area contributed by atoms with E-state index in [-0.39, 0.29) is 6.04 Å². The first-order chi connectivity index (χ1) is 8.85. The number of alkyl halides is 3. The maximum absolute atomic E-state index is 12.3. The van der Waals surface area contributed by atoms with Crippen molar-refractivity contribution in [3.63, 3.8) is 0 Å². The van der Waals surface area contributed by atoms with Crippen molar-refractivity contribution in [2.45, 2.75) is 38.5 Å². The second-order valence-corrected chi connectivity index (χ2v) is 5.63. The number of nitrogens with zero attached hydrogens (tertiary/aromatic N) is 1. The lowest BCUT2D eigenvalue weighted by Gasteiger charge is -2.21. The zero-order valence-corrected chi connectivity index (χ0v) is 11.5. The number of pyridine rings is 1. The third-order valence-corrected chi connectivity index (χ3v) is 3.75. The molecule has 2 rings (SSSR count). The Balaban J connectivity index is 2.04. The van der Waals surface area contributed by atoms with E-state index < -0.39 is 18.6 Å². The quantitative estimate of drug-likeness (QED) is 0.908. The number of thiophene rings is 1. The first kappa shape index (κ1) is 14.3. The SMILES string of the molecule is CC(CC(F)(F)F)NC(C)c1cnc2ccsc2c1. The van der Waals surface area contributed by atoms with Gasteiger partial charge >= 0.3 is 6.18 Å². The summed E-state index contributed by atoms with van der Waals surface area (Å²) in [6.07, 6.45) is -3.25. The Hall–Kier alpha value is -1.14. The zero-order chi connectivity index (χ0) is 14.0. The molecule has 1 N–H and O–H groups in total. The van der Waals surface area contributed by atoms with E-state index in [1.54, 1.807) is 24.5 Å². The Bertz CT molecular complexity index is 550. The summed E-state index contributed by atoms with van der Waals surface area (Å²) < 4.78 is 37.9. The first-order valence-electron chi connectivity index (χ1n) is 6.01. The average Bonchev–Trinajstić information content (AvgIpc) is 2.72. The van der Waals surface area contributed by atoms with Gasteiger partial charge in [-0.05, 0) is 36.9 Å². The van der Waals surface area contributed by atoms with Crippen LogP contribution in [0.25, 0.3) is 10.2 Å². The number of fused-ring (bicyclic) bond motifs is 1. The molecule has 19 heavy (non-hydrogen) atoms. The summed E-state index contributed by atoms with van der Waals surface area (Å²) in [5, 5.41) is 4.90. The van der Waals surface area contributed by atoms with Crippen molar-refractivity contribution in [2.75, 3.05) is 0 Å². The molecule has 2 aromatic heterocycles. The molecule has 0 saturated heterocycles. The van der Waals surface area contributed by atoms with Gasteiger partial charge in [-0.2, -0.15) is 13.2 Å². The van der Waals surface area contributed by atoms with E-state index in [1.807, 2.05) is 24.4 Å². The lowest BCUT2D eigenvalue weighted by Crippen LogP contribution is -2.33. The van der Waals surface area contributed by atoms with E-state index >= 15 is 0 Å². The average molecular weight is 288 g/mol. The van der Waals surface area contributed by atoms with E-state index in [0.29, 0.717) is 0 Å². The van der Waals surface area contributed by atoms with Gasteiger partial charge in [-0.1, -0.05) is 0 Å². The van der Waals surface area contributed by atoms with Gasteiger partial charge in [-0.25, -0.2) is 0 Å². The van der Waals surface area contributed by atoms with Crippen molar-refractivity contribution in [1.82, 2.24) is 10.3 Å². The number of nitrogens with one attached hydrogen (secondary N) is 1. The molecule has 2 atom stereocenters. The maximum Gasteiger partial charge on any atom is 0.390 e. The molecule has 0 aliphatic rings. The van der Waals surface area contributed by atoms with Crippen molar-refractivity contribution in [3.8, 4) is 0 Å². The van der Waals surface area contributed by atoms with Crippen LogP contribution in [0.15, 0.2) is 23.7 Å². The predicted molar refractivity (Wildman–Crippen MR) is 71.3 cm³/mol. The minimum atomic E-state index is -4.14. The van der Waals surface area contributed by atoms with Gasteiger partial charge in [0, 0.05) is 18.3 Å². The van der Waals surface area contributed by atoms with Gasteiger partial charge in [0.25, 0.3) is 0 Å². The molecule has 0 aliphatic carbocycles. The normalized spacial score (nSPS) is 15.6. The molecule has 2 aromatic rings. The lowest BCUT2D eigenvalue weighted by molar-refractivity contribution is -0.139. The van der Waals surface area contributed by atoms with Crippen LogP contribution in [0, 0.1) is 0 Å². The highest BCUT2D eigenvalue weighted by Gasteiger charge is 2.30. The van der Waals surface area contributed by atoms with E-state index in [2.05, 4.69) is 10.3 Å². The standard InChI is InChI=1S/C13H15F3N2S/c1-8(6-13(14,15)16)18-9(2)10-5-12-11(17-7-10)3-4-19-12/h3-5,7-9,18H,6H2,1-2H3. The Morgan fingerprint density at radius 1 is 1.37 bits per heavy atom. The number of hydrogen-bond acceptors (Lipinski definition) is 3. The first-order valence-corrected chi connectivity index (χ1v) is 6.89. The Kier molecular flexibility index (Phi) is 4.10. The molecule has 0 radical (unpaired) electrons. The molecular formula is C13H15F3N2S. The largest absolute Gasteiger partial charge is 0.390 e. The van der Waals surface area contributed by atoms with Gasteiger partial charge in [-0.15, -0.1) is 11.3 Å². The topological polar surface area (TPSA) is 24.9 Å². The van der Waals surface area contributed by atoms with Crippen LogP contribution in [-0.2, 0) is 0 Å². The lowest BCUT2D eigenvalue weighted by atomic mass is 10.1. The van der Waals surface area contributed by atoms with Crippen molar-refractivity contribution in [1.29, 1.82) is 0 Å². The van der Waals surface area contributed by atoms with E-state index in [1.165, 1.54) is 0 Å². The highest BCUT2D eigenvalue weighted by Crippen LogP contribution is 2.25. The van der Waals surface area contributed by atoms with E-state index in [0.717, 1.165) is 15.8 Å². The fraction of sp³-hybridized carbons (Fsp3) is 0.462. The van der Waals surface area contributed by atoms with Gasteiger partial charge < -0.3 is 5.32 Å². The van der Waals surface area contributed by atoms with Crippen molar-refractivity contribution < 1.29 is 13.2 Å². The molecule has 0 saturated carbocycles. The van der Waals surface area contributed by atoms with Crippen LogP contribution < -0.4 is 5.32 Å². The maximum atomic E-state index is 12.3. The Morgan fingerprint density at radius 2 is 2.11 bits per heavy atom. The van der Waals surface area contributed by atoms with Gasteiger partial charge in [0.1, 0.15) is 0 Å². The summed E-state index contributed by atoms with van der Waals surface area (Å²) >= 11 is 1.58. The molecule has 2 nitrogen and oxygen atoms in total. The zero-order valence-electron chi connectivity index (χ0n) is 10.7. The van der Waals surface area contributed by atoms with Crippen LogP contribution in [0.2, 0.25) is 0 Å². The molecule has 0 amide bonds. The molecule has 2 unspecified atom stereocenters. The Labute approximate surface area is 113 Å². The van der Waals surface area contributed by atoms with Gasteiger partial charge in [0.2, 0.25) is 0 Å². The molecule has 0 spiro atoms. The van der Waals surface area contributed by atoms with Crippen LogP contribution in [-0.4, -0.2) is 17.2 Å². The molecule has 0 aliphatic heterocycles. The molecule has 0 bridgehead atoms. The molecule has 2 heterocycles. The number of halogens is 3. The van der Waals surface area contributed by atoms with E-state index in [4.69, 9.17) is 0 Å². The summed E-state index contributed by atoms with van der Waals surface area (Å²) in [5.74, 6) is 0. The summed E-state index contributed by atoms with van der Waals surface area (Å²) in [5.41, 5.74) is 1.83. The van der Waals surface area contributed by atoms with Crippen LogP contribution >= 0.6 is 11.3 Å². The third-order valence-electron chi connectivity index (χ3n) is 2.90.